The predicted molar refractivity (Wildman–Crippen MR) is 112 cm³/mol. The Hall–Kier alpha value is -1.91. The first-order valence-electron chi connectivity index (χ1n) is 10.0. The molecular weight excluding hydrogens is 376 g/mol. The molecule has 0 aromatic carbocycles. The van der Waals surface area contributed by atoms with Gasteiger partial charge in [-0.15, -0.1) is 12.3 Å². The number of thiocarbonyl (C=S) groups is 1. The largest absolute Gasteiger partial charge is 0.481 e. The van der Waals surface area contributed by atoms with Gasteiger partial charge in [-0.3, -0.25) is 9.59 Å². The van der Waals surface area contributed by atoms with Gasteiger partial charge in [-0.2, -0.15) is 0 Å². The number of unbranched alkanes of at least 4 members (excludes halogenated alkanes) is 1. The van der Waals surface area contributed by atoms with Gasteiger partial charge in [0.05, 0.1) is 23.7 Å². The normalized spacial score (nSPS) is 25.5. The number of ether oxygens (including phenoxy) is 1. The zero-order valence-corrected chi connectivity index (χ0v) is 17.0. The zero-order valence-electron chi connectivity index (χ0n) is 16.2. The fourth-order valence-electron chi connectivity index (χ4n) is 3.97. The van der Waals surface area contributed by atoms with Crippen molar-refractivity contribution in [2.75, 3.05) is 13.1 Å². The van der Waals surface area contributed by atoms with Gasteiger partial charge in [0.25, 0.3) is 0 Å². The van der Waals surface area contributed by atoms with E-state index in [-0.39, 0.29) is 31.1 Å². The van der Waals surface area contributed by atoms with E-state index in [0.717, 1.165) is 25.7 Å². The Morgan fingerprint density at radius 1 is 1.18 bits per heavy atom. The molecule has 0 aliphatic carbocycles. The summed E-state index contributed by atoms with van der Waals surface area (Å²) in [6.07, 6.45) is 15.7. The molecule has 0 aromatic rings. The highest BCUT2D eigenvalue weighted by Gasteiger charge is 2.47. The summed E-state index contributed by atoms with van der Waals surface area (Å²) >= 11 is 5.14. The number of allylic oxidation sites excluding steroid dienone is 2. The van der Waals surface area contributed by atoms with Crippen LogP contribution in [0.4, 0.5) is 0 Å². The molecule has 2 aliphatic heterocycles. The standard InChI is InChI=1S/C21H30N2O4S/c1-2-3-9-20(28)23-14-19(24)22-13-16-15(17-11-12-18(16)27-17)8-6-4-5-7-10-21(25)26/h1,4,6,15-18H,3,5,7-14H2,(H,22,24)(H,23,28)(H,25,26)/t15-,16+,17-,18+/m1/s1. The van der Waals surface area contributed by atoms with Crippen LogP contribution >= 0.6 is 12.2 Å². The van der Waals surface area contributed by atoms with Gasteiger partial charge in [-0.1, -0.05) is 24.4 Å². The number of amides is 1. The Morgan fingerprint density at radius 2 is 1.93 bits per heavy atom. The van der Waals surface area contributed by atoms with Crippen LogP contribution in [0.15, 0.2) is 12.2 Å². The highest BCUT2D eigenvalue weighted by Crippen LogP contribution is 2.44. The molecule has 2 saturated heterocycles. The van der Waals surface area contributed by atoms with E-state index in [1.165, 1.54) is 0 Å². The first-order valence-corrected chi connectivity index (χ1v) is 10.4. The third-order valence-corrected chi connectivity index (χ3v) is 5.75. The van der Waals surface area contributed by atoms with Crippen molar-refractivity contribution in [1.29, 1.82) is 0 Å². The molecule has 28 heavy (non-hydrogen) atoms. The van der Waals surface area contributed by atoms with Gasteiger partial charge in [0, 0.05) is 31.7 Å². The molecule has 2 fully saturated rings. The van der Waals surface area contributed by atoms with E-state index < -0.39 is 5.97 Å². The minimum atomic E-state index is -0.753. The number of carboxylic acid groups (broad SMARTS) is 1. The number of terminal acetylenes is 1. The molecule has 4 atom stereocenters. The number of carboxylic acids is 1. The van der Waals surface area contributed by atoms with Gasteiger partial charge in [0.2, 0.25) is 5.91 Å². The lowest BCUT2D eigenvalue weighted by atomic mass is 9.77. The van der Waals surface area contributed by atoms with Crippen LogP contribution in [-0.4, -0.2) is 47.3 Å². The van der Waals surface area contributed by atoms with Crippen LogP contribution in [0.1, 0.15) is 51.4 Å². The minimum absolute atomic E-state index is 0.0752. The van der Waals surface area contributed by atoms with E-state index >= 15 is 0 Å². The number of hydrogen-bond donors (Lipinski definition) is 3. The smallest absolute Gasteiger partial charge is 0.303 e. The molecule has 2 heterocycles. The second-order valence-electron chi connectivity index (χ2n) is 7.40. The molecule has 154 valence electrons. The summed E-state index contributed by atoms with van der Waals surface area (Å²) in [6, 6.07) is 0. The summed E-state index contributed by atoms with van der Waals surface area (Å²) in [4.78, 5) is 23.2. The first kappa shape index (κ1) is 22.4. The third-order valence-electron chi connectivity index (χ3n) is 5.40. The van der Waals surface area contributed by atoms with Gasteiger partial charge in [-0.05, 0) is 38.0 Å². The quantitative estimate of drug-likeness (QED) is 0.200. The van der Waals surface area contributed by atoms with E-state index in [9.17, 15) is 9.59 Å². The van der Waals surface area contributed by atoms with Crippen LogP contribution in [0.5, 0.6) is 0 Å². The monoisotopic (exact) mass is 406 g/mol. The summed E-state index contributed by atoms with van der Waals surface area (Å²) in [5.74, 6) is 2.42. The van der Waals surface area contributed by atoms with Crippen molar-refractivity contribution in [3.8, 4) is 12.3 Å². The molecule has 0 unspecified atom stereocenters. The Bertz CT molecular complexity index is 628. The van der Waals surface area contributed by atoms with E-state index in [1.54, 1.807) is 0 Å². The van der Waals surface area contributed by atoms with Crippen molar-refractivity contribution >= 4 is 29.1 Å². The predicted octanol–water partition coefficient (Wildman–Crippen LogP) is 2.43. The third kappa shape index (κ3) is 7.25. The second-order valence-corrected chi connectivity index (χ2v) is 7.89. The lowest BCUT2D eigenvalue weighted by molar-refractivity contribution is -0.137. The lowest BCUT2D eigenvalue weighted by Gasteiger charge is -2.27. The van der Waals surface area contributed by atoms with Gasteiger partial charge in [0.15, 0.2) is 0 Å². The Morgan fingerprint density at radius 3 is 2.64 bits per heavy atom. The maximum atomic E-state index is 12.1. The second kappa shape index (κ2) is 11.8. The minimum Gasteiger partial charge on any atom is -0.481 e. The van der Waals surface area contributed by atoms with Crippen LogP contribution in [0.25, 0.3) is 0 Å². The molecule has 2 aliphatic rings. The van der Waals surface area contributed by atoms with E-state index in [4.69, 9.17) is 28.5 Å². The average Bonchev–Trinajstić information content (AvgIpc) is 3.27. The van der Waals surface area contributed by atoms with Crippen molar-refractivity contribution in [3.63, 3.8) is 0 Å². The van der Waals surface area contributed by atoms with E-state index in [0.29, 0.717) is 42.6 Å². The van der Waals surface area contributed by atoms with Gasteiger partial charge >= 0.3 is 5.97 Å². The summed E-state index contributed by atoms with van der Waals surface area (Å²) in [7, 11) is 0. The molecule has 3 N–H and O–H groups in total. The molecule has 2 bridgehead atoms. The fourth-order valence-corrected chi connectivity index (χ4v) is 4.14. The summed E-state index contributed by atoms with van der Waals surface area (Å²) in [6.45, 7) is 0.773. The van der Waals surface area contributed by atoms with Gasteiger partial charge in [0.1, 0.15) is 0 Å². The highest BCUT2D eigenvalue weighted by atomic mass is 32.1. The Kier molecular flexibility index (Phi) is 9.45. The zero-order chi connectivity index (χ0) is 20.4. The van der Waals surface area contributed by atoms with Crippen molar-refractivity contribution < 1.29 is 19.4 Å². The van der Waals surface area contributed by atoms with Crippen LogP contribution in [-0.2, 0) is 14.3 Å². The number of rotatable bonds is 12. The van der Waals surface area contributed by atoms with Crippen LogP contribution in [0.2, 0.25) is 0 Å². The van der Waals surface area contributed by atoms with Crippen LogP contribution in [0, 0.1) is 24.2 Å². The van der Waals surface area contributed by atoms with Crippen molar-refractivity contribution in [1.82, 2.24) is 10.6 Å². The van der Waals surface area contributed by atoms with Crippen LogP contribution in [0.3, 0.4) is 0 Å². The summed E-state index contributed by atoms with van der Waals surface area (Å²) in [5.41, 5.74) is 0. The Balaban J connectivity index is 1.71. The van der Waals surface area contributed by atoms with Crippen LogP contribution < -0.4 is 10.6 Å². The molecule has 0 aromatic heterocycles. The number of nitrogens with one attached hydrogen (secondary N) is 2. The number of aliphatic carboxylic acids is 1. The molecular formula is C21H30N2O4S. The number of carbonyl (C=O) groups is 2. The van der Waals surface area contributed by atoms with Crippen molar-refractivity contribution in [2.45, 2.75) is 63.6 Å². The molecule has 0 spiro atoms. The lowest BCUT2D eigenvalue weighted by Crippen LogP contribution is -2.42. The first-order chi connectivity index (χ1) is 13.5. The maximum Gasteiger partial charge on any atom is 0.303 e. The maximum absolute atomic E-state index is 12.1. The average molecular weight is 407 g/mol. The molecule has 0 radical (unpaired) electrons. The summed E-state index contributed by atoms with van der Waals surface area (Å²) < 4.78 is 6.06. The van der Waals surface area contributed by atoms with Crippen molar-refractivity contribution in [3.05, 3.63) is 12.2 Å². The summed E-state index contributed by atoms with van der Waals surface area (Å²) in [5, 5.41) is 14.6. The molecule has 7 heteroatoms. The van der Waals surface area contributed by atoms with Gasteiger partial charge in [-0.25, -0.2) is 0 Å². The Labute approximate surface area is 172 Å². The SMILES string of the molecule is C#CCCC(=S)NCC(=O)NC[C@H]1[C@@H](CC=CCCCC(=O)O)[C@H]2CC[C@@H]1O2. The van der Waals surface area contributed by atoms with E-state index in [2.05, 4.69) is 28.7 Å². The fraction of sp³-hybridized carbons (Fsp3) is 0.667. The number of fused-ring (bicyclic) bond motifs is 2. The molecule has 2 rings (SSSR count). The molecule has 0 saturated carbocycles. The highest BCUT2D eigenvalue weighted by molar-refractivity contribution is 7.80. The molecule has 6 nitrogen and oxygen atoms in total. The number of carbonyl (C=O) groups excluding carboxylic acids is 1. The van der Waals surface area contributed by atoms with Gasteiger partial charge < -0.3 is 20.5 Å². The van der Waals surface area contributed by atoms with E-state index in [1.807, 2.05) is 0 Å². The molecule has 1 amide bonds. The van der Waals surface area contributed by atoms with Crippen molar-refractivity contribution in [2.24, 2.45) is 11.8 Å². The number of hydrogen-bond acceptors (Lipinski definition) is 4. The topological polar surface area (TPSA) is 87.7 Å².